The Hall–Kier alpha value is -3.29. The highest BCUT2D eigenvalue weighted by Crippen LogP contribution is 2.35. The summed E-state index contributed by atoms with van der Waals surface area (Å²) in [7, 11) is 0. The number of thiophene rings is 1. The monoisotopic (exact) mass is 434 g/mol. The number of aryl methyl sites for hydroxylation is 1. The predicted octanol–water partition coefficient (Wildman–Crippen LogP) is 4.08. The number of hydrogen-bond donors (Lipinski definition) is 1. The molecule has 0 spiro atoms. The van der Waals surface area contributed by atoms with Gasteiger partial charge in [0.25, 0.3) is 5.56 Å². The summed E-state index contributed by atoms with van der Waals surface area (Å²) in [4.78, 5) is 30.9. The number of ketones is 1. The Morgan fingerprint density at radius 3 is 2.71 bits per heavy atom. The molecule has 0 aliphatic carbocycles. The molecule has 0 bridgehead atoms. The largest absolute Gasteiger partial charge is 0.491 e. The van der Waals surface area contributed by atoms with E-state index in [0.717, 1.165) is 16.0 Å². The number of nitrogens with zero attached hydrogens (tertiary/aromatic N) is 2. The lowest BCUT2D eigenvalue weighted by Gasteiger charge is -2.14. The zero-order chi connectivity index (χ0) is 22.0. The molecule has 0 fully saturated rings. The highest BCUT2D eigenvalue weighted by atomic mass is 32.1. The molecule has 1 atom stereocenters. The molecule has 0 amide bonds. The minimum Gasteiger partial charge on any atom is -0.491 e. The third kappa shape index (κ3) is 4.42. The first-order chi connectivity index (χ1) is 14.9. The predicted molar refractivity (Wildman–Crippen MR) is 122 cm³/mol. The lowest BCUT2D eigenvalue weighted by atomic mass is 10.0. The number of carbonyl (C=O) groups excluding carboxylic acids is 1. The van der Waals surface area contributed by atoms with E-state index in [2.05, 4.69) is 4.98 Å². The maximum Gasteiger partial charge on any atom is 0.262 e. The maximum atomic E-state index is 13.2. The summed E-state index contributed by atoms with van der Waals surface area (Å²) in [6, 6.07) is 16.6. The standard InChI is InChI=1S/C24H22N2O4S/c1-15(27)18-9-6-10-20(11-18)30-13-19(28)12-26-14-25-23-22(24(26)29)21(16(2)31-23)17-7-4-3-5-8-17/h3-11,14,19,28H,12-13H2,1-2H3/t19-/m0/s1. The van der Waals surface area contributed by atoms with Crippen LogP contribution in [0.5, 0.6) is 5.75 Å². The number of Topliss-reactive ketones (excluding diaryl/α,β-unsaturated/α-hetero) is 1. The van der Waals surface area contributed by atoms with Crippen molar-refractivity contribution in [1.29, 1.82) is 0 Å². The smallest absolute Gasteiger partial charge is 0.262 e. The van der Waals surface area contributed by atoms with Crippen LogP contribution in [0.1, 0.15) is 22.2 Å². The van der Waals surface area contributed by atoms with Gasteiger partial charge in [0.15, 0.2) is 5.78 Å². The summed E-state index contributed by atoms with van der Waals surface area (Å²) in [6.07, 6.45) is 0.549. The Labute approximate surface area is 183 Å². The molecule has 4 rings (SSSR count). The van der Waals surface area contributed by atoms with Crippen LogP contribution in [0.4, 0.5) is 0 Å². The highest BCUT2D eigenvalue weighted by molar-refractivity contribution is 7.19. The molecule has 0 unspecified atom stereocenters. The molecule has 158 valence electrons. The molecule has 0 saturated carbocycles. The summed E-state index contributed by atoms with van der Waals surface area (Å²) in [5.41, 5.74) is 2.21. The number of hydrogen-bond acceptors (Lipinski definition) is 6. The van der Waals surface area contributed by atoms with Crippen molar-refractivity contribution in [3.63, 3.8) is 0 Å². The molecule has 2 aromatic carbocycles. The molecule has 0 radical (unpaired) electrons. The maximum absolute atomic E-state index is 13.2. The molecular weight excluding hydrogens is 412 g/mol. The number of benzene rings is 2. The van der Waals surface area contributed by atoms with Crippen LogP contribution in [0.15, 0.2) is 65.7 Å². The van der Waals surface area contributed by atoms with E-state index < -0.39 is 6.10 Å². The molecule has 1 N–H and O–H groups in total. The van der Waals surface area contributed by atoms with Gasteiger partial charge >= 0.3 is 0 Å². The quantitative estimate of drug-likeness (QED) is 0.444. The van der Waals surface area contributed by atoms with E-state index in [-0.39, 0.29) is 24.5 Å². The Balaban J connectivity index is 1.56. The Morgan fingerprint density at radius 1 is 1.19 bits per heavy atom. The van der Waals surface area contributed by atoms with Crippen LogP contribution < -0.4 is 10.3 Å². The van der Waals surface area contributed by atoms with Gasteiger partial charge in [-0.2, -0.15) is 0 Å². The summed E-state index contributed by atoms with van der Waals surface area (Å²) in [5.74, 6) is 0.435. The van der Waals surface area contributed by atoms with Crippen molar-refractivity contribution in [3.05, 3.63) is 81.7 Å². The third-order valence-electron chi connectivity index (χ3n) is 5.01. The number of fused-ring (bicyclic) bond motifs is 1. The van der Waals surface area contributed by atoms with Crippen molar-refractivity contribution in [1.82, 2.24) is 9.55 Å². The van der Waals surface area contributed by atoms with Crippen molar-refractivity contribution in [2.24, 2.45) is 0 Å². The zero-order valence-electron chi connectivity index (χ0n) is 17.2. The molecule has 0 saturated heterocycles. The summed E-state index contributed by atoms with van der Waals surface area (Å²) < 4.78 is 7.04. The van der Waals surface area contributed by atoms with E-state index >= 15 is 0 Å². The van der Waals surface area contributed by atoms with Gasteiger partial charge in [0.05, 0.1) is 18.3 Å². The van der Waals surface area contributed by atoms with Gasteiger partial charge in [-0.3, -0.25) is 14.2 Å². The number of carbonyl (C=O) groups is 1. The van der Waals surface area contributed by atoms with E-state index in [1.165, 1.54) is 29.2 Å². The van der Waals surface area contributed by atoms with Gasteiger partial charge in [-0.25, -0.2) is 4.98 Å². The van der Waals surface area contributed by atoms with Gasteiger partial charge in [0.1, 0.15) is 23.3 Å². The molecule has 2 aromatic heterocycles. The topological polar surface area (TPSA) is 81.4 Å². The van der Waals surface area contributed by atoms with Crippen molar-refractivity contribution in [2.45, 2.75) is 26.5 Å². The number of aliphatic hydroxyl groups is 1. The number of aliphatic hydroxyl groups excluding tert-OH is 1. The minimum atomic E-state index is -0.919. The third-order valence-corrected chi connectivity index (χ3v) is 6.02. The lowest BCUT2D eigenvalue weighted by molar-refractivity contribution is 0.0913. The number of aromatic nitrogens is 2. The second kappa shape index (κ2) is 8.83. The van der Waals surface area contributed by atoms with Gasteiger partial charge < -0.3 is 9.84 Å². The Bertz CT molecular complexity index is 1290. The first kappa shape index (κ1) is 21.0. The van der Waals surface area contributed by atoms with E-state index in [1.807, 2.05) is 37.3 Å². The Kier molecular flexibility index (Phi) is 5.97. The summed E-state index contributed by atoms with van der Waals surface area (Å²) in [5, 5.41) is 11.0. The van der Waals surface area contributed by atoms with Crippen LogP contribution in [0, 0.1) is 6.92 Å². The zero-order valence-corrected chi connectivity index (χ0v) is 18.1. The molecular formula is C24H22N2O4S. The van der Waals surface area contributed by atoms with Crippen LogP contribution in [-0.4, -0.2) is 33.2 Å². The lowest BCUT2D eigenvalue weighted by Crippen LogP contribution is -2.30. The normalized spacial score (nSPS) is 12.1. The molecule has 31 heavy (non-hydrogen) atoms. The van der Waals surface area contributed by atoms with Crippen LogP contribution in [0.25, 0.3) is 21.3 Å². The van der Waals surface area contributed by atoms with Crippen molar-refractivity contribution >= 4 is 27.3 Å². The number of rotatable bonds is 7. The number of ether oxygens (including phenoxy) is 1. The van der Waals surface area contributed by atoms with Crippen LogP contribution in [-0.2, 0) is 6.54 Å². The first-order valence-corrected chi connectivity index (χ1v) is 10.7. The fourth-order valence-corrected chi connectivity index (χ4v) is 4.50. The molecule has 0 aliphatic heterocycles. The SMILES string of the molecule is CC(=O)c1cccc(OC[C@@H](O)Cn2cnc3sc(C)c(-c4ccccc4)c3c2=O)c1. The molecule has 6 nitrogen and oxygen atoms in total. The van der Waals surface area contributed by atoms with E-state index in [4.69, 9.17) is 4.74 Å². The van der Waals surface area contributed by atoms with Gasteiger partial charge in [-0.15, -0.1) is 11.3 Å². The molecule has 0 aliphatic rings. The molecule has 7 heteroatoms. The average Bonchev–Trinajstić information content (AvgIpc) is 3.11. The summed E-state index contributed by atoms with van der Waals surface area (Å²) >= 11 is 1.49. The van der Waals surface area contributed by atoms with Crippen LogP contribution in [0.3, 0.4) is 0 Å². The second-order valence-electron chi connectivity index (χ2n) is 7.33. The minimum absolute atomic E-state index is 0.0138. The van der Waals surface area contributed by atoms with E-state index in [9.17, 15) is 14.7 Å². The van der Waals surface area contributed by atoms with Gasteiger partial charge in [-0.1, -0.05) is 42.5 Å². The highest BCUT2D eigenvalue weighted by Gasteiger charge is 2.18. The van der Waals surface area contributed by atoms with Gasteiger partial charge in [0.2, 0.25) is 0 Å². The van der Waals surface area contributed by atoms with E-state index in [0.29, 0.717) is 21.5 Å². The van der Waals surface area contributed by atoms with E-state index in [1.54, 1.807) is 24.3 Å². The van der Waals surface area contributed by atoms with Crippen LogP contribution >= 0.6 is 11.3 Å². The first-order valence-electron chi connectivity index (χ1n) is 9.90. The summed E-state index contributed by atoms with van der Waals surface area (Å²) in [6.45, 7) is 3.51. The van der Waals surface area contributed by atoms with Crippen molar-refractivity contribution in [2.75, 3.05) is 6.61 Å². The van der Waals surface area contributed by atoms with Gasteiger partial charge in [0, 0.05) is 16.0 Å². The molecule has 2 heterocycles. The van der Waals surface area contributed by atoms with Crippen LogP contribution in [0.2, 0.25) is 0 Å². The fraction of sp³-hybridized carbons (Fsp3) is 0.208. The molecule has 4 aromatic rings. The van der Waals surface area contributed by atoms with Crippen molar-refractivity contribution < 1.29 is 14.6 Å². The van der Waals surface area contributed by atoms with Gasteiger partial charge in [-0.05, 0) is 31.5 Å². The Morgan fingerprint density at radius 2 is 1.97 bits per heavy atom. The van der Waals surface area contributed by atoms with Crippen molar-refractivity contribution in [3.8, 4) is 16.9 Å². The average molecular weight is 435 g/mol. The second-order valence-corrected chi connectivity index (χ2v) is 8.53. The fourth-order valence-electron chi connectivity index (χ4n) is 3.50.